The maximum Gasteiger partial charge on any atom is 0.416 e. The highest BCUT2D eigenvalue weighted by Crippen LogP contribution is 2.48. The number of hydrogen-bond acceptors (Lipinski definition) is 2. The van der Waals surface area contributed by atoms with Crippen LogP contribution in [0.3, 0.4) is 0 Å². The molecule has 1 heterocycles. The number of hydrogen-bond donors (Lipinski definition) is 1. The molecule has 0 aliphatic carbocycles. The molecule has 3 nitrogen and oxygen atoms in total. The first-order valence-corrected chi connectivity index (χ1v) is 10.4. The topological polar surface area (TPSA) is 52.9 Å². The predicted molar refractivity (Wildman–Crippen MR) is 114 cm³/mol. The van der Waals surface area contributed by atoms with E-state index in [0.29, 0.717) is 5.56 Å². The molecule has 0 bridgehead atoms. The minimum atomic E-state index is -4.75. The summed E-state index contributed by atoms with van der Waals surface area (Å²) in [5, 5.41) is 11.6. The van der Waals surface area contributed by atoms with E-state index < -0.39 is 24.0 Å². The molecular weight excluding hydrogens is 401 g/mol. The van der Waals surface area contributed by atoms with E-state index in [1.165, 1.54) is 12.1 Å². The van der Waals surface area contributed by atoms with Gasteiger partial charge in [0, 0.05) is 6.42 Å². The molecule has 2 aromatic carbocycles. The molecule has 0 fully saturated rings. The Kier molecular flexibility index (Phi) is 6.54. The molecule has 0 spiro atoms. The van der Waals surface area contributed by atoms with Gasteiger partial charge in [0.1, 0.15) is 11.6 Å². The number of unbranched alkanes of at least 4 members (excludes halogenated alkanes) is 2. The van der Waals surface area contributed by atoms with Crippen molar-refractivity contribution in [2.75, 3.05) is 0 Å². The third-order valence-corrected chi connectivity index (χ3v) is 5.81. The quantitative estimate of drug-likeness (QED) is 0.578. The fourth-order valence-corrected chi connectivity index (χ4v) is 3.95. The van der Waals surface area contributed by atoms with Gasteiger partial charge in [-0.05, 0) is 42.0 Å². The number of nitrogens with one attached hydrogen (secondary N) is 1. The zero-order valence-corrected chi connectivity index (χ0v) is 17.6. The maximum absolute atomic E-state index is 14.5. The number of nitrogens with zero attached hydrogens (tertiary/aromatic N) is 1. The first kappa shape index (κ1) is 22.6. The van der Waals surface area contributed by atoms with E-state index in [-0.39, 0.29) is 16.7 Å². The number of carbonyl (C=O) groups excluding carboxylic acids is 1. The van der Waals surface area contributed by atoms with Crippen LogP contribution in [0.25, 0.3) is 5.57 Å². The van der Waals surface area contributed by atoms with Crippen molar-refractivity contribution in [3.63, 3.8) is 0 Å². The summed E-state index contributed by atoms with van der Waals surface area (Å²) in [5.41, 5.74) is -0.453. The average Bonchev–Trinajstić information content (AvgIpc) is 2.73. The average molecular weight is 426 g/mol. The Hall–Kier alpha value is -3.07. The summed E-state index contributed by atoms with van der Waals surface area (Å²) in [6.45, 7) is 3.95. The van der Waals surface area contributed by atoms with E-state index in [0.717, 1.165) is 36.8 Å². The van der Waals surface area contributed by atoms with Gasteiger partial charge < -0.3 is 5.32 Å². The maximum atomic E-state index is 14.5. The molecule has 2 aromatic rings. The first-order valence-electron chi connectivity index (χ1n) is 10.4. The van der Waals surface area contributed by atoms with E-state index in [4.69, 9.17) is 0 Å². The van der Waals surface area contributed by atoms with Crippen LogP contribution in [0.1, 0.15) is 54.9 Å². The van der Waals surface area contributed by atoms with Gasteiger partial charge >= 0.3 is 6.18 Å². The molecule has 0 saturated carbocycles. The summed E-state index contributed by atoms with van der Waals surface area (Å²) in [4.78, 5) is 12.7. The SMILES string of the molecule is CCCCCc1ccc(C2(C(F)(F)F)CC(c3ccc(C)cc3)=C(C#N)C(=O)N2)cc1. The summed E-state index contributed by atoms with van der Waals surface area (Å²) < 4.78 is 43.4. The van der Waals surface area contributed by atoms with Gasteiger partial charge in [-0.2, -0.15) is 18.4 Å². The summed E-state index contributed by atoms with van der Waals surface area (Å²) in [6.07, 6.45) is -1.38. The number of rotatable bonds is 6. The number of alkyl halides is 3. The lowest BCUT2D eigenvalue weighted by atomic mass is 9.76. The van der Waals surface area contributed by atoms with Gasteiger partial charge in [-0.15, -0.1) is 0 Å². The second-order valence-electron chi connectivity index (χ2n) is 8.02. The summed E-state index contributed by atoms with van der Waals surface area (Å²) in [6, 6.07) is 14.9. The monoisotopic (exact) mass is 426 g/mol. The van der Waals surface area contributed by atoms with Gasteiger partial charge in [-0.1, -0.05) is 73.9 Å². The second-order valence-corrected chi connectivity index (χ2v) is 8.02. The Morgan fingerprint density at radius 3 is 2.26 bits per heavy atom. The standard InChI is InChI=1S/C25H25F3N2O/c1-3-4-5-6-18-9-13-20(14-10-18)24(25(26,27)28)15-21(22(16-29)23(31)30-24)19-11-7-17(2)8-12-19/h7-14H,3-6,15H2,1-2H3,(H,30,31). The van der Waals surface area contributed by atoms with E-state index >= 15 is 0 Å². The van der Waals surface area contributed by atoms with Crippen molar-refractivity contribution in [1.29, 1.82) is 5.26 Å². The number of nitriles is 1. The molecule has 0 aromatic heterocycles. The summed E-state index contributed by atoms with van der Waals surface area (Å²) >= 11 is 0. The summed E-state index contributed by atoms with van der Waals surface area (Å²) in [7, 11) is 0. The molecule has 1 aliphatic heterocycles. The van der Waals surface area contributed by atoms with Gasteiger partial charge in [0.05, 0.1) is 0 Å². The van der Waals surface area contributed by atoms with Gasteiger partial charge in [-0.25, -0.2) is 0 Å². The zero-order chi connectivity index (χ0) is 22.6. The molecule has 31 heavy (non-hydrogen) atoms. The molecule has 1 N–H and O–H groups in total. The van der Waals surface area contributed by atoms with Gasteiger partial charge in [0.2, 0.25) is 0 Å². The molecule has 1 atom stereocenters. The number of benzene rings is 2. The van der Waals surface area contributed by atoms with Crippen LogP contribution in [0.15, 0.2) is 54.1 Å². The Morgan fingerprint density at radius 2 is 1.71 bits per heavy atom. The fourth-order valence-electron chi connectivity index (χ4n) is 3.95. The molecule has 6 heteroatoms. The number of carbonyl (C=O) groups is 1. The van der Waals surface area contributed by atoms with Crippen LogP contribution in [0.5, 0.6) is 0 Å². The summed E-state index contributed by atoms with van der Waals surface area (Å²) in [5.74, 6) is -1.01. The smallest absolute Gasteiger partial charge is 0.333 e. The Labute approximate surface area is 180 Å². The van der Waals surface area contributed by atoms with Crippen LogP contribution in [-0.2, 0) is 16.8 Å². The minimum Gasteiger partial charge on any atom is -0.333 e. The lowest BCUT2D eigenvalue weighted by molar-refractivity contribution is -0.201. The van der Waals surface area contributed by atoms with Crippen LogP contribution in [0.4, 0.5) is 13.2 Å². The zero-order valence-electron chi connectivity index (χ0n) is 17.6. The second kappa shape index (κ2) is 8.97. The van der Waals surface area contributed by atoms with Crippen molar-refractivity contribution in [3.8, 4) is 6.07 Å². The first-order chi connectivity index (χ1) is 14.7. The van der Waals surface area contributed by atoms with Crippen molar-refractivity contribution < 1.29 is 18.0 Å². The van der Waals surface area contributed by atoms with Gasteiger partial charge in [0.25, 0.3) is 5.91 Å². The Bertz CT molecular complexity index is 1010. The van der Waals surface area contributed by atoms with Crippen LogP contribution < -0.4 is 5.32 Å². The lowest BCUT2D eigenvalue weighted by Crippen LogP contribution is -2.58. The van der Waals surface area contributed by atoms with Crippen LogP contribution in [0, 0.1) is 18.3 Å². The van der Waals surface area contributed by atoms with Crippen molar-refractivity contribution in [2.24, 2.45) is 0 Å². The molecule has 3 rings (SSSR count). The highest BCUT2D eigenvalue weighted by Gasteiger charge is 2.59. The molecule has 1 amide bonds. The molecular formula is C25H25F3N2O. The van der Waals surface area contributed by atoms with E-state index in [9.17, 15) is 23.2 Å². The number of aryl methyl sites for hydroxylation is 2. The molecule has 0 saturated heterocycles. The third-order valence-electron chi connectivity index (χ3n) is 5.81. The fraction of sp³-hybridized carbons (Fsp3) is 0.360. The Balaban J connectivity index is 2.06. The predicted octanol–water partition coefficient (Wildman–Crippen LogP) is 5.98. The van der Waals surface area contributed by atoms with Crippen molar-refractivity contribution >= 4 is 11.5 Å². The lowest BCUT2D eigenvalue weighted by Gasteiger charge is -2.40. The van der Waals surface area contributed by atoms with E-state index in [2.05, 4.69) is 12.2 Å². The molecule has 0 radical (unpaired) electrons. The van der Waals surface area contributed by atoms with Crippen LogP contribution in [-0.4, -0.2) is 12.1 Å². The largest absolute Gasteiger partial charge is 0.416 e. The molecule has 1 aliphatic rings. The van der Waals surface area contributed by atoms with E-state index in [1.54, 1.807) is 42.5 Å². The van der Waals surface area contributed by atoms with Crippen LogP contribution in [0.2, 0.25) is 0 Å². The number of halogens is 3. The van der Waals surface area contributed by atoms with Gasteiger partial charge in [-0.3, -0.25) is 4.79 Å². The van der Waals surface area contributed by atoms with E-state index in [1.807, 2.05) is 6.92 Å². The van der Waals surface area contributed by atoms with Crippen LogP contribution >= 0.6 is 0 Å². The third kappa shape index (κ3) is 4.51. The highest BCUT2D eigenvalue weighted by molar-refractivity contribution is 6.07. The molecule has 162 valence electrons. The van der Waals surface area contributed by atoms with Crippen molar-refractivity contribution in [2.45, 2.75) is 57.7 Å². The van der Waals surface area contributed by atoms with Crippen molar-refractivity contribution in [1.82, 2.24) is 5.32 Å². The Morgan fingerprint density at radius 1 is 1.06 bits per heavy atom. The van der Waals surface area contributed by atoms with Gasteiger partial charge in [0.15, 0.2) is 5.54 Å². The molecule has 1 unspecified atom stereocenters. The number of amides is 1. The highest BCUT2D eigenvalue weighted by atomic mass is 19.4. The van der Waals surface area contributed by atoms with Crippen molar-refractivity contribution in [3.05, 3.63) is 76.4 Å². The minimum absolute atomic E-state index is 0.0332. The normalized spacial score (nSPS) is 19.2.